The van der Waals surface area contributed by atoms with E-state index < -0.39 is 0 Å². The zero-order chi connectivity index (χ0) is 14.8. The number of fused-ring (bicyclic) bond motifs is 1. The van der Waals surface area contributed by atoms with E-state index in [9.17, 15) is 4.39 Å². The third kappa shape index (κ3) is 2.71. The Labute approximate surface area is 122 Å². The number of nitrogen functional groups attached to an aromatic ring is 1. The highest BCUT2D eigenvalue weighted by molar-refractivity contribution is 5.82. The summed E-state index contributed by atoms with van der Waals surface area (Å²) >= 11 is 0. The van der Waals surface area contributed by atoms with Crippen LogP contribution in [0.15, 0.2) is 48.5 Å². The van der Waals surface area contributed by atoms with Crippen molar-refractivity contribution in [1.29, 1.82) is 0 Å². The molecule has 0 aliphatic heterocycles. The average Bonchev–Trinajstić information content (AvgIpc) is 2.49. The van der Waals surface area contributed by atoms with Gasteiger partial charge in [-0.25, -0.2) is 15.2 Å². The summed E-state index contributed by atoms with van der Waals surface area (Å²) in [5.74, 6) is 5.70. The number of pyridine rings is 1. The lowest BCUT2D eigenvalue weighted by Crippen LogP contribution is -2.12. The highest BCUT2D eigenvalue weighted by atomic mass is 19.1. The molecule has 2 aromatic carbocycles. The van der Waals surface area contributed by atoms with Crippen molar-refractivity contribution in [2.75, 3.05) is 5.43 Å². The molecule has 0 fully saturated rings. The Morgan fingerprint density at radius 3 is 2.62 bits per heavy atom. The number of nitrogens with one attached hydrogen (secondary N) is 1. The molecular weight excluding hydrogens is 265 g/mol. The second-order valence-corrected chi connectivity index (χ2v) is 5.11. The predicted molar refractivity (Wildman–Crippen MR) is 83.5 cm³/mol. The standard InChI is InChI=1S/C17H16FN3/c1-11-5-7-12(8-6-11)9-14-10-13-3-2-4-15(18)16(13)20-17(14)21-19/h2-8,10H,9,19H2,1H3,(H,20,21). The van der Waals surface area contributed by atoms with Gasteiger partial charge < -0.3 is 5.43 Å². The molecule has 0 unspecified atom stereocenters. The quantitative estimate of drug-likeness (QED) is 0.570. The van der Waals surface area contributed by atoms with Crippen LogP contribution in [0, 0.1) is 12.7 Å². The van der Waals surface area contributed by atoms with Gasteiger partial charge in [0.25, 0.3) is 0 Å². The number of hydrogen-bond donors (Lipinski definition) is 2. The van der Waals surface area contributed by atoms with Gasteiger partial charge in [-0.05, 0) is 24.6 Å². The van der Waals surface area contributed by atoms with Crippen LogP contribution in [-0.4, -0.2) is 4.98 Å². The highest BCUT2D eigenvalue weighted by Crippen LogP contribution is 2.24. The predicted octanol–water partition coefficient (Wildman–Crippen LogP) is 3.56. The lowest BCUT2D eigenvalue weighted by atomic mass is 10.0. The Kier molecular flexibility index (Phi) is 3.54. The maximum atomic E-state index is 13.8. The number of benzene rings is 2. The summed E-state index contributed by atoms with van der Waals surface area (Å²) in [7, 11) is 0. The molecule has 0 spiro atoms. The minimum Gasteiger partial charge on any atom is -0.308 e. The number of aromatic nitrogens is 1. The second kappa shape index (κ2) is 5.50. The van der Waals surface area contributed by atoms with Crippen molar-refractivity contribution in [3.05, 3.63) is 71.0 Å². The van der Waals surface area contributed by atoms with Gasteiger partial charge >= 0.3 is 0 Å². The van der Waals surface area contributed by atoms with E-state index in [4.69, 9.17) is 5.84 Å². The van der Waals surface area contributed by atoms with E-state index in [1.54, 1.807) is 6.07 Å². The van der Waals surface area contributed by atoms with Gasteiger partial charge in [-0.3, -0.25) is 0 Å². The van der Waals surface area contributed by atoms with Crippen LogP contribution in [0.2, 0.25) is 0 Å². The van der Waals surface area contributed by atoms with Crippen LogP contribution >= 0.6 is 0 Å². The van der Waals surface area contributed by atoms with Crippen molar-refractivity contribution in [1.82, 2.24) is 4.98 Å². The summed E-state index contributed by atoms with van der Waals surface area (Å²) in [6.07, 6.45) is 0.694. The van der Waals surface area contributed by atoms with Gasteiger partial charge in [0.05, 0.1) is 0 Å². The van der Waals surface area contributed by atoms with E-state index in [0.717, 1.165) is 16.5 Å². The normalized spacial score (nSPS) is 10.8. The van der Waals surface area contributed by atoms with Crippen molar-refractivity contribution < 1.29 is 4.39 Å². The summed E-state index contributed by atoms with van der Waals surface area (Å²) in [5, 5.41) is 0.774. The third-order valence-electron chi connectivity index (χ3n) is 3.53. The van der Waals surface area contributed by atoms with E-state index in [0.29, 0.717) is 17.8 Å². The van der Waals surface area contributed by atoms with E-state index in [1.807, 2.05) is 12.1 Å². The zero-order valence-corrected chi connectivity index (χ0v) is 11.7. The number of hydrogen-bond acceptors (Lipinski definition) is 3. The number of anilines is 1. The molecule has 0 saturated heterocycles. The van der Waals surface area contributed by atoms with Crippen LogP contribution in [-0.2, 0) is 6.42 Å². The van der Waals surface area contributed by atoms with E-state index in [2.05, 4.69) is 41.6 Å². The van der Waals surface area contributed by atoms with E-state index in [1.165, 1.54) is 11.6 Å². The monoisotopic (exact) mass is 281 g/mol. The van der Waals surface area contributed by atoms with Crippen molar-refractivity contribution in [3.63, 3.8) is 0 Å². The fourth-order valence-corrected chi connectivity index (χ4v) is 2.39. The first-order chi connectivity index (χ1) is 10.2. The average molecular weight is 281 g/mol. The summed E-state index contributed by atoms with van der Waals surface area (Å²) < 4.78 is 13.8. The first-order valence-electron chi connectivity index (χ1n) is 6.77. The Bertz CT molecular complexity index is 782. The van der Waals surface area contributed by atoms with Gasteiger partial charge in [0.2, 0.25) is 0 Å². The number of rotatable bonds is 3. The Hall–Kier alpha value is -2.46. The van der Waals surface area contributed by atoms with Crippen LogP contribution in [0.4, 0.5) is 10.2 Å². The molecule has 0 saturated carbocycles. The molecule has 0 radical (unpaired) electrons. The summed E-state index contributed by atoms with van der Waals surface area (Å²) in [6, 6.07) is 15.2. The fraction of sp³-hybridized carbons (Fsp3) is 0.118. The second-order valence-electron chi connectivity index (χ2n) is 5.11. The first-order valence-corrected chi connectivity index (χ1v) is 6.77. The number of nitrogens with two attached hydrogens (primary N) is 1. The van der Waals surface area contributed by atoms with Gasteiger partial charge in [-0.15, -0.1) is 0 Å². The van der Waals surface area contributed by atoms with Gasteiger partial charge in [0.15, 0.2) is 0 Å². The molecule has 21 heavy (non-hydrogen) atoms. The maximum Gasteiger partial charge on any atom is 0.149 e. The molecule has 1 aromatic heterocycles. The van der Waals surface area contributed by atoms with Crippen molar-refractivity contribution >= 4 is 16.7 Å². The van der Waals surface area contributed by atoms with Crippen molar-refractivity contribution in [2.24, 2.45) is 5.84 Å². The van der Waals surface area contributed by atoms with Crippen LogP contribution in [0.3, 0.4) is 0 Å². The molecule has 0 aliphatic carbocycles. The van der Waals surface area contributed by atoms with Gasteiger partial charge in [-0.2, -0.15) is 0 Å². The lowest BCUT2D eigenvalue weighted by Gasteiger charge is -2.10. The van der Waals surface area contributed by atoms with Gasteiger partial charge in [0, 0.05) is 17.4 Å². The van der Waals surface area contributed by atoms with Crippen molar-refractivity contribution in [3.8, 4) is 0 Å². The Morgan fingerprint density at radius 2 is 1.90 bits per heavy atom. The van der Waals surface area contributed by atoms with Crippen LogP contribution < -0.4 is 11.3 Å². The van der Waals surface area contributed by atoms with E-state index >= 15 is 0 Å². The largest absolute Gasteiger partial charge is 0.308 e. The molecule has 106 valence electrons. The van der Waals surface area contributed by atoms with E-state index in [-0.39, 0.29) is 5.82 Å². The number of nitrogens with zero attached hydrogens (tertiary/aromatic N) is 1. The summed E-state index contributed by atoms with van der Waals surface area (Å²) in [5.41, 5.74) is 6.22. The summed E-state index contributed by atoms with van der Waals surface area (Å²) in [6.45, 7) is 2.05. The van der Waals surface area contributed by atoms with Crippen molar-refractivity contribution in [2.45, 2.75) is 13.3 Å². The zero-order valence-electron chi connectivity index (χ0n) is 11.7. The molecule has 3 rings (SSSR count). The molecule has 3 N–H and O–H groups in total. The molecular formula is C17H16FN3. The Balaban J connectivity index is 2.06. The SMILES string of the molecule is Cc1ccc(Cc2cc3cccc(F)c3nc2NN)cc1. The van der Waals surface area contributed by atoms with Crippen LogP contribution in [0.5, 0.6) is 0 Å². The number of para-hydroxylation sites is 1. The third-order valence-corrected chi connectivity index (χ3v) is 3.53. The molecule has 3 aromatic rings. The molecule has 0 amide bonds. The molecule has 1 heterocycles. The fourth-order valence-electron chi connectivity index (χ4n) is 2.39. The lowest BCUT2D eigenvalue weighted by molar-refractivity contribution is 0.637. The maximum absolute atomic E-state index is 13.8. The topological polar surface area (TPSA) is 50.9 Å². The molecule has 0 aliphatic rings. The van der Waals surface area contributed by atoms with Gasteiger partial charge in [-0.1, -0.05) is 42.0 Å². The molecule has 0 atom stereocenters. The highest BCUT2D eigenvalue weighted by Gasteiger charge is 2.09. The first kappa shape index (κ1) is 13.5. The minimum absolute atomic E-state index is 0.332. The van der Waals surface area contributed by atoms with Crippen LogP contribution in [0.1, 0.15) is 16.7 Å². The van der Waals surface area contributed by atoms with Crippen LogP contribution in [0.25, 0.3) is 10.9 Å². The Morgan fingerprint density at radius 1 is 1.14 bits per heavy atom. The van der Waals surface area contributed by atoms with Gasteiger partial charge in [0.1, 0.15) is 17.2 Å². The number of halogens is 1. The minimum atomic E-state index is -0.342. The number of hydrazine groups is 1. The number of aryl methyl sites for hydroxylation is 1. The molecule has 0 bridgehead atoms. The summed E-state index contributed by atoms with van der Waals surface area (Å²) in [4.78, 5) is 4.30. The molecule has 4 heteroatoms. The molecule has 3 nitrogen and oxygen atoms in total. The smallest absolute Gasteiger partial charge is 0.149 e.